The van der Waals surface area contributed by atoms with Crippen molar-refractivity contribution in [2.75, 3.05) is 7.11 Å². The first-order valence-electron chi connectivity index (χ1n) is 8.13. The molecule has 1 aromatic heterocycles. The maximum absolute atomic E-state index is 13.6. The lowest BCUT2D eigenvalue weighted by molar-refractivity contribution is -0.139. The summed E-state index contributed by atoms with van der Waals surface area (Å²) in [5.74, 6) is 0. The number of rotatable bonds is 4. The van der Waals surface area contributed by atoms with Crippen LogP contribution in [0.4, 0.5) is 13.2 Å². The molecule has 1 saturated carbocycles. The highest BCUT2D eigenvalue weighted by Crippen LogP contribution is 2.40. The van der Waals surface area contributed by atoms with Gasteiger partial charge < -0.3 is 4.74 Å². The van der Waals surface area contributed by atoms with E-state index in [0.29, 0.717) is 18.5 Å². The average Bonchev–Trinajstić information content (AvgIpc) is 3.11. The first-order valence-corrected chi connectivity index (χ1v) is 9.67. The third-order valence-corrected chi connectivity index (χ3v) is 6.94. The van der Waals surface area contributed by atoms with Gasteiger partial charge in [0.2, 0.25) is 0 Å². The van der Waals surface area contributed by atoms with Gasteiger partial charge in [-0.3, -0.25) is 4.98 Å². The zero-order valence-corrected chi connectivity index (χ0v) is 14.8. The molecule has 0 aliphatic heterocycles. The first-order chi connectivity index (χ1) is 12.2. The van der Waals surface area contributed by atoms with Crippen LogP contribution in [0.5, 0.6) is 0 Å². The van der Waals surface area contributed by atoms with Gasteiger partial charge >= 0.3 is 6.18 Å². The summed E-state index contributed by atoms with van der Waals surface area (Å²) in [5.41, 5.74) is -0.582. The Morgan fingerprint density at radius 3 is 2.50 bits per heavy atom. The molecule has 1 fully saturated rings. The van der Waals surface area contributed by atoms with Crippen LogP contribution in [0.3, 0.4) is 0 Å². The molecular formula is C18H18F3NO3S. The predicted octanol–water partition coefficient (Wildman–Crippen LogP) is 4.11. The zero-order chi connectivity index (χ0) is 18.9. The van der Waals surface area contributed by atoms with Crippen LogP contribution in [0.1, 0.15) is 24.8 Å². The van der Waals surface area contributed by atoms with E-state index in [1.54, 1.807) is 18.2 Å². The highest BCUT2D eigenvalue weighted by Gasteiger charge is 2.42. The molecule has 3 rings (SSSR count). The summed E-state index contributed by atoms with van der Waals surface area (Å²) >= 11 is 0. The van der Waals surface area contributed by atoms with Crippen LogP contribution < -0.4 is 0 Å². The van der Waals surface area contributed by atoms with Crippen molar-refractivity contribution < 1.29 is 26.3 Å². The highest BCUT2D eigenvalue weighted by atomic mass is 32.2. The maximum atomic E-state index is 13.6. The summed E-state index contributed by atoms with van der Waals surface area (Å²) in [6.45, 7) is 0. The standard InChI is InChI=1S/C18H18F3NO3S/c1-25-13-6-7-14(11-13)26(23,24)17-8-5-12(10-15(17)18(19,20)21)16-4-2-3-9-22-16/h2-5,8-10,13-14H,6-7,11H2,1H3. The van der Waals surface area contributed by atoms with Gasteiger partial charge in [-0.15, -0.1) is 0 Å². The van der Waals surface area contributed by atoms with Gasteiger partial charge in [0, 0.05) is 18.9 Å². The molecule has 0 radical (unpaired) electrons. The SMILES string of the molecule is COC1CCC(S(=O)(=O)c2ccc(-c3ccccn3)cc2C(F)(F)F)C1. The van der Waals surface area contributed by atoms with E-state index in [1.165, 1.54) is 19.4 Å². The molecule has 2 aromatic rings. The fourth-order valence-electron chi connectivity index (χ4n) is 3.27. The molecule has 0 N–H and O–H groups in total. The number of pyridine rings is 1. The number of benzene rings is 1. The number of alkyl halides is 3. The van der Waals surface area contributed by atoms with Crippen LogP contribution >= 0.6 is 0 Å². The average molecular weight is 385 g/mol. The fraction of sp³-hybridized carbons (Fsp3) is 0.389. The summed E-state index contributed by atoms with van der Waals surface area (Å²) < 4.78 is 71.6. The molecule has 0 bridgehead atoms. The number of nitrogens with zero attached hydrogens (tertiary/aromatic N) is 1. The third kappa shape index (κ3) is 3.61. The molecule has 8 heteroatoms. The van der Waals surface area contributed by atoms with Crippen LogP contribution in [0, 0.1) is 0 Å². The molecule has 4 nitrogen and oxygen atoms in total. The van der Waals surface area contributed by atoms with Crippen molar-refractivity contribution in [3.8, 4) is 11.3 Å². The Morgan fingerprint density at radius 2 is 1.92 bits per heavy atom. The molecule has 1 heterocycles. The lowest BCUT2D eigenvalue weighted by Gasteiger charge is -2.18. The Hall–Kier alpha value is -1.93. The Labute approximate surface area is 149 Å². The normalized spacial score (nSPS) is 21.1. The van der Waals surface area contributed by atoms with E-state index in [0.717, 1.165) is 12.1 Å². The minimum Gasteiger partial charge on any atom is -0.381 e. The third-order valence-electron chi connectivity index (χ3n) is 4.66. The number of methoxy groups -OCH3 is 1. The number of hydrogen-bond acceptors (Lipinski definition) is 4. The van der Waals surface area contributed by atoms with Crippen molar-refractivity contribution in [2.24, 2.45) is 0 Å². The van der Waals surface area contributed by atoms with E-state index in [-0.39, 0.29) is 18.1 Å². The topological polar surface area (TPSA) is 56.3 Å². The summed E-state index contributed by atoms with van der Waals surface area (Å²) in [4.78, 5) is 3.35. The molecule has 0 spiro atoms. The quantitative estimate of drug-likeness (QED) is 0.795. The van der Waals surface area contributed by atoms with Gasteiger partial charge in [0.1, 0.15) is 0 Å². The Bertz CT molecular complexity index is 882. The second-order valence-electron chi connectivity index (χ2n) is 6.26. The van der Waals surface area contributed by atoms with E-state index >= 15 is 0 Å². The van der Waals surface area contributed by atoms with Crippen molar-refractivity contribution in [3.63, 3.8) is 0 Å². The second-order valence-corrected chi connectivity index (χ2v) is 8.46. The number of hydrogen-bond donors (Lipinski definition) is 0. The highest BCUT2D eigenvalue weighted by molar-refractivity contribution is 7.92. The van der Waals surface area contributed by atoms with Crippen LogP contribution in [0.2, 0.25) is 0 Å². The summed E-state index contributed by atoms with van der Waals surface area (Å²) in [6.07, 6.45) is -2.54. The predicted molar refractivity (Wildman–Crippen MR) is 90.3 cm³/mol. The van der Waals surface area contributed by atoms with E-state index in [2.05, 4.69) is 4.98 Å². The summed E-state index contributed by atoms with van der Waals surface area (Å²) in [6, 6.07) is 8.15. The Kier molecular flexibility index (Phi) is 5.07. The van der Waals surface area contributed by atoms with E-state index in [1.807, 2.05) is 0 Å². The first kappa shape index (κ1) is 18.8. The smallest absolute Gasteiger partial charge is 0.381 e. The van der Waals surface area contributed by atoms with Gasteiger partial charge in [-0.25, -0.2) is 8.42 Å². The molecule has 1 aliphatic carbocycles. The molecular weight excluding hydrogens is 367 g/mol. The minimum absolute atomic E-state index is 0.206. The molecule has 2 unspecified atom stereocenters. The van der Waals surface area contributed by atoms with Gasteiger partial charge in [-0.1, -0.05) is 12.1 Å². The molecule has 1 aromatic carbocycles. The monoisotopic (exact) mass is 385 g/mol. The van der Waals surface area contributed by atoms with Gasteiger partial charge in [0.05, 0.1) is 27.5 Å². The molecule has 2 atom stereocenters. The van der Waals surface area contributed by atoms with Crippen molar-refractivity contribution in [2.45, 2.75) is 41.7 Å². The van der Waals surface area contributed by atoms with Crippen LogP contribution in [-0.2, 0) is 20.8 Å². The Morgan fingerprint density at radius 1 is 1.15 bits per heavy atom. The number of aromatic nitrogens is 1. The van der Waals surface area contributed by atoms with Gasteiger partial charge in [0.15, 0.2) is 9.84 Å². The van der Waals surface area contributed by atoms with Crippen LogP contribution in [-0.4, -0.2) is 31.9 Å². The van der Waals surface area contributed by atoms with E-state index in [9.17, 15) is 21.6 Å². The van der Waals surface area contributed by atoms with Gasteiger partial charge in [-0.2, -0.15) is 13.2 Å². The van der Waals surface area contributed by atoms with Gasteiger partial charge in [-0.05, 0) is 43.5 Å². The molecule has 26 heavy (non-hydrogen) atoms. The molecule has 0 amide bonds. The molecule has 140 valence electrons. The maximum Gasteiger partial charge on any atom is 0.417 e. The van der Waals surface area contributed by atoms with E-state index < -0.39 is 31.7 Å². The van der Waals surface area contributed by atoms with Crippen LogP contribution in [0.25, 0.3) is 11.3 Å². The lowest BCUT2D eigenvalue weighted by Crippen LogP contribution is -2.23. The summed E-state index contributed by atoms with van der Waals surface area (Å²) in [5, 5.41) is -0.866. The minimum atomic E-state index is -4.79. The van der Waals surface area contributed by atoms with Crippen molar-refractivity contribution in [1.82, 2.24) is 4.98 Å². The fourth-order valence-corrected chi connectivity index (χ4v) is 5.28. The number of halogens is 3. The van der Waals surface area contributed by atoms with Gasteiger partial charge in [0.25, 0.3) is 0 Å². The number of ether oxygens (including phenoxy) is 1. The Balaban J connectivity index is 2.07. The largest absolute Gasteiger partial charge is 0.417 e. The molecule has 1 aliphatic rings. The molecule has 0 saturated heterocycles. The van der Waals surface area contributed by atoms with Crippen molar-refractivity contribution >= 4 is 9.84 Å². The second kappa shape index (κ2) is 7.00. The van der Waals surface area contributed by atoms with Crippen molar-refractivity contribution in [1.29, 1.82) is 0 Å². The lowest BCUT2D eigenvalue weighted by atomic mass is 10.1. The number of sulfone groups is 1. The zero-order valence-electron chi connectivity index (χ0n) is 14.0. The van der Waals surface area contributed by atoms with E-state index in [4.69, 9.17) is 4.74 Å². The van der Waals surface area contributed by atoms with Crippen molar-refractivity contribution in [3.05, 3.63) is 48.2 Å². The van der Waals surface area contributed by atoms with Crippen LogP contribution in [0.15, 0.2) is 47.5 Å². The summed E-state index contributed by atoms with van der Waals surface area (Å²) in [7, 11) is -2.64.